The molecular formula is C16H15N3O2. The molecule has 5 nitrogen and oxygen atoms in total. The van der Waals surface area contributed by atoms with Crippen molar-refractivity contribution in [3.05, 3.63) is 58.6 Å². The third-order valence-electron chi connectivity index (χ3n) is 3.23. The van der Waals surface area contributed by atoms with Crippen molar-refractivity contribution in [3.8, 4) is 11.6 Å². The van der Waals surface area contributed by atoms with Gasteiger partial charge in [-0.1, -0.05) is 31.2 Å². The highest BCUT2D eigenvalue weighted by atomic mass is 16.5. The van der Waals surface area contributed by atoms with Gasteiger partial charge in [-0.05, 0) is 12.1 Å². The van der Waals surface area contributed by atoms with Crippen LogP contribution in [0.5, 0.6) is 11.6 Å². The zero-order valence-corrected chi connectivity index (χ0v) is 11.6. The molecule has 0 saturated heterocycles. The Hall–Kier alpha value is -2.82. The summed E-state index contributed by atoms with van der Waals surface area (Å²) >= 11 is 0. The Morgan fingerprint density at radius 2 is 1.95 bits per heavy atom. The largest absolute Gasteiger partial charge is 0.438 e. The maximum absolute atomic E-state index is 11.6. The Labute approximate surface area is 121 Å². The Bertz CT molecular complexity index is 856. The number of aromatic nitrogens is 2. The molecular weight excluding hydrogens is 266 g/mol. The molecule has 0 aliphatic heterocycles. The summed E-state index contributed by atoms with van der Waals surface area (Å²) in [7, 11) is 0. The van der Waals surface area contributed by atoms with E-state index in [4.69, 9.17) is 10.5 Å². The molecule has 2 aromatic carbocycles. The molecule has 106 valence electrons. The minimum Gasteiger partial charge on any atom is -0.438 e. The van der Waals surface area contributed by atoms with Crippen LogP contribution in [0.4, 0.5) is 5.69 Å². The lowest BCUT2D eigenvalue weighted by Crippen LogP contribution is -2.10. The molecule has 0 atom stereocenters. The second-order valence-corrected chi connectivity index (χ2v) is 4.68. The number of nitrogens with two attached hydrogens (primary N) is 1. The lowest BCUT2D eigenvalue weighted by Gasteiger charge is -2.10. The molecule has 0 unspecified atom stereocenters. The predicted molar refractivity (Wildman–Crippen MR) is 82.7 cm³/mol. The van der Waals surface area contributed by atoms with E-state index in [1.54, 1.807) is 12.1 Å². The van der Waals surface area contributed by atoms with E-state index in [-0.39, 0.29) is 11.4 Å². The van der Waals surface area contributed by atoms with Crippen molar-refractivity contribution >= 4 is 16.5 Å². The highest BCUT2D eigenvalue weighted by Gasteiger charge is 2.08. The average Bonchev–Trinajstić information content (AvgIpc) is 2.50. The summed E-state index contributed by atoms with van der Waals surface area (Å²) in [6.07, 6.45) is 0.634. The number of aromatic amines is 1. The van der Waals surface area contributed by atoms with Gasteiger partial charge in [0, 0.05) is 22.9 Å². The Kier molecular flexibility index (Phi) is 3.31. The smallest absolute Gasteiger partial charge is 0.254 e. The summed E-state index contributed by atoms with van der Waals surface area (Å²) in [6, 6.07) is 12.6. The van der Waals surface area contributed by atoms with Crippen molar-refractivity contribution in [2.24, 2.45) is 0 Å². The fraction of sp³-hybridized carbons (Fsp3) is 0.125. The van der Waals surface area contributed by atoms with Crippen molar-refractivity contribution in [1.82, 2.24) is 9.97 Å². The van der Waals surface area contributed by atoms with Gasteiger partial charge in [-0.15, -0.1) is 0 Å². The third-order valence-corrected chi connectivity index (χ3v) is 3.23. The molecule has 3 aromatic rings. The SMILES string of the molecule is CCc1nc(Oc2ccc(N)c3ccccc23)cc(=O)[nH]1. The van der Waals surface area contributed by atoms with Crippen LogP contribution in [0.3, 0.4) is 0 Å². The third kappa shape index (κ3) is 2.58. The number of anilines is 1. The second kappa shape index (κ2) is 5.28. The number of nitrogen functional groups attached to an aromatic ring is 1. The number of rotatable bonds is 3. The molecule has 21 heavy (non-hydrogen) atoms. The molecule has 0 amide bonds. The van der Waals surface area contributed by atoms with E-state index in [2.05, 4.69) is 9.97 Å². The van der Waals surface area contributed by atoms with Crippen LogP contribution in [0.15, 0.2) is 47.3 Å². The topological polar surface area (TPSA) is 81.0 Å². The number of fused-ring (bicyclic) bond motifs is 1. The molecule has 3 N–H and O–H groups in total. The number of benzene rings is 2. The van der Waals surface area contributed by atoms with E-state index in [1.165, 1.54) is 6.07 Å². The van der Waals surface area contributed by atoms with Gasteiger partial charge in [0.1, 0.15) is 11.6 Å². The average molecular weight is 281 g/mol. The Morgan fingerprint density at radius 3 is 2.71 bits per heavy atom. The summed E-state index contributed by atoms with van der Waals surface area (Å²) in [5.41, 5.74) is 6.42. The van der Waals surface area contributed by atoms with Crippen LogP contribution in [0, 0.1) is 0 Å². The zero-order chi connectivity index (χ0) is 14.8. The van der Waals surface area contributed by atoms with Crippen molar-refractivity contribution in [2.45, 2.75) is 13.3 Å². The van der Waals surface area contributed by atoms with Crippen molar-refractivity contribution < 1.29 is 4.74 Å². The van der Waals surface area contributed by atoms with Crippen LogP contribution < -0.4 is 16.0 Å². The van der Waals surface area contributed by atoms with Crippen LogP contribution in [0.1, 0.15) is 12.7 Å². The zero-order valence-electron chi connectivity index (χ0n) is 11.6. The van der Waals surface area contributed by atoms with Crippen LogP contribution in [-0.2, 0) is 6.42 Å². The molecule has 1 aromatic heterocycles. The predicted octanol–water partition coefficient (Wildman–Crippen LogP) is 2.86. The minimum atomic E-state index is -0.225. The summed E-state index contributed by atoms with van der Waals surface area (Å²) in [5, 5.41) is 1.80. The van der Waals surface area contributed by atoms with Gasteiger partial charge in [0.25, 0.3) is 5.56 Å². The molecule has 0 aliphatic carbocycles. The van der Waals surface area contributed by atoms with E-state index in [0.29, 0.717) is 23.7 Å². The summed E-state index contributed by atoms with van der Waals surface area (Å²) in [6.45, 7) is 1.92. The van der Waals surface area contributed by atoms with E-state index in [1.807, 2.05) is 31.2 Å². The number of H-pyrrole nitrogens is 1. The molecule has 0 bridgehead atoms. The lowest BCUT2D eigenvalue weighted by molar-refractivity contribution is 0.463. The quantitative estimate of drug-likeness (QED) is 0.723. The molecule has 3 rings (SSSR count). The summed E-state index contributed by atoms with van der Waals surface area (Å²) in [4.78, 5) is 18.5. The van der Waals surface area contributed by atoms with Crippen LogP contribution in [0.2, 0.25) is 0 Å². The van der Waals surface area contributed by atoms with Gasteiger partial charge in [-0.2, -0.15) is 4.98 Å². The normalized spacial score (nSPS) is 10.7. The molecule has 0 spiro atoms. The fourth-order valence-electron chi connectivity index (χ4n) is 2.20. The van der Waals surface area contributed by atoms with E-state index in [9.17, 15) is 4.79 Å². The van der Waals surface area contributed by atoms with Crippen molar-refractivity contribution in [1.29, 1.82) is 0 Å². The number of ether oxygens (including phenoxy) is 1. The molecule has 0 aliphatic rings. The van der Waals surface area contributed by atoms with Gasteiger partial charge < -0.3 is 15.5 Å². The van der Waals surface area contributed by atoms with Crippen LogP contribution in [0.25, 0.3) is 10.8 Å². The molecule has 0 fully saturated rings. The molecule has 0 saturated carbocycles. The fourth-order valence-corrected chi connectivity index (χ4v) is 2.20. The highest BCUT2D eigenvalue weighted by Crippen LogP contribution is 2.32. The number of hydrogen-bond donors (Lipinski definition) is 2. The number of nitrogens with zero attached hydrogens (tertiary/aromatic N) is 1. The monoisotopic (exact) mass is 281 g/mol. The molecule has 0 radical (unpaired) electrons. The first-order chi connectivity index (χ1) is 10.2. The summed E-state index contributed by atoms with van der Waals surface area (Å²) in [5.74, 6) is 1.50. The minimum absolute atomic E-state index is 0.225. The maximum Gasteiger partial charge on any atom is 0.254 e. The lowest BCUT2D eigenvalue weighted by atomic mass is 10.1. The van der Waals surface area contributed by atoms with Crippen molar-refractivity contribution in [3.63, 3.8) is 0 Å². The Balaban J connectivity index is 2.08. The number of hydrogen-bond acceptors (Lipinski definition) is 4. The Morgan fingerprint density at radius 1 is 1.19 bits per heavy atom. The van der Waals surface area contributed by atoms with Crippen molar-refractivity contribution in [2.75, 3.05) is 5.73 Å². The first-order valence-corrected chi connectivity index (χ1v) is 6.72. The second-order valence-electron chi connectivity index (χ2n) is 4.68. The maximum atomic E-state index is 11.6. The first-order valence-electron chi connectivity index (χ1n) is 6.72. The van der Waals surface area contributed by atoms with E-state index < -0.39 is 0 Å². The molecule has 1 heterocycles. The van der Waals surface area contributed by atoms with Crippen LogP contribution in [-0.4, -0.2) is 9.97 Å². The number of nitrogens with one attached hydrogen (secondary N) is 1. The van der Waals surface area contributed by atoms with Gasteiger partial charge in [0.2, 0.25) is 5.88 Å². The van der Waals surface area contributed by atoms with Gasteiger partial charge in [0.15, 0.2) is 0 Å². The standard InChI is InChI=1S/C16H15N3O2/c1-2-14-18-15(20)9-16(19-14)21-13-8-7-12(17)10-5-3-4-6-11(10)13/h3-9H,2,17H2,1H3,(H,18,19,20). The molecule has 5 heteroatoms. The van der Waals surface area contributed by atoms with Crippen LogP contribution >= 0.6 is 0 Å². The van der Waals surface area contributed by atoms with Gasteiger partial charge in [-0.25, -0.2) is 0 Å². The number of aryl methyl sites for hydroxylation is 1. The van der Waals surface area contributed by atoms with Gasteiger partial charge in [-0.3, -0.25) is 4.79 Å². The summed E-state index contributed by atoms with van der Waals surface area (Å²) < 4.78 is 5.78. The highest BCUT2D eigenvalue weighted by molar-refractivity contribution is 5.97. The van der Waals surface area contributed by atoms with E-state index >= 15 is 0 Å². The first kappa shape index (κ1) is 13.2. The van der Waals surface area contributed by atoms with E-state index in [0.717, 1.165) is 10.8 Å². The van der Waals surface area contributed by atoms with Gasteiger partial charge in [0.05, 0.1) is 6.07 Å². The van der Waals surface area contributed by atoms with Gasteiger partial charge >= 0.3 is 0 Å².